The molecule has 2 heterocycles. The van der Waals surface area contributed by atoms with Crippen LogP contribution in [0.3, 0.4) is 0 Å². The Balaban J connectivity index is 1.60. The molecule has 0 bridgehead atoms. The van der Waals surface area contributed by atoms with Crippen molar-refractivity contribution in [3.63, 3.8) is 0 Å². The van der Waals surface area contributed by atoms with Gasteiger partial charge in [0.2, 0.25) is 0 Å². The number of rotatable bonds is 6. The van der Waals surface area contributed by atoms with Gasteiger partial charge in [0.15, 0.2) is 5.16 Å². The van der Waals surface area contributed by atoms with E-state index in [4.69, 9.17) is 0 Å². The predicted octanol–water partition coefficient (Wildman–Crippen LogP) is 4.01. The van der Waals surface area contributed by atoms with Gasteiger partial charge in [0.25, 0.3) is 0 Å². The Morgan fingerprint density at radius 3 is 3.00 bits per heavy atom. The highest BCUT2D eigenvalue weighted by Crippen LogP contribution is 2.21. The molecule has 1 aromatic carbocycles. The Labute approximate surface area is 130 Å². The second-order valence-electron chi connectivity index (χ2n) is 4.55. The standard InChI is InChI=1S/C15H14FN3S2/c16-13-4-1-3-12(9-13)10-21-15-18-17-11-19(15)7-6-14-5-2-8-20-14/h1-5,8-9,11H,6-7,10H2. The first-order valence-electron chi connectivity index (χ1n) is 6.59. The summed E-state index contributed by atoms with van der Waals surface area (Å²) in [6.45, 7) is 0.860. The molecule has 0 spiro atoms. The Bertz CT molecular complexity index is 695. The number of aryl methyl sites for hydroxylation is 2. The van der Waals surface area contributed by atoms with E-state index in [0.29, 0.717) is 5.75 Å². The van der Waals surface area contributed by atoms with Crippen molar-refractivity contribution in [3.8, 4) is 0 Å². The molecule has 0 N–H and O–H groups in total. The molecule has 0 radical (unpaired) electrons. The molecule has 0 amide bonds. The van der Waals surface area contributed by atoms with Crippen LogP contribution in [-0.2, 0) is 18.7 Å². The number of aromatic nitrogens is 3. The Morgan fingerprint density at radius 1 is 1.24 bits per heavy atom. The van der Waals surface area contributed by atoms with Crippen molar-refractivity contribution in [2.24, 2.45) is 0 Å². The van der Waals surface area contributed by atoms with E-state index in [0.717, 1.165) is 23.7 Å². The van der Waals surface area contributed by atoms with E-state index in [1.807, 2.05) is 10.6 Å². The predicted molar refractivity (Wildman–Crippen MR) is 84.0 cm³/mol. The SMILES string of the molecule is Fc1cccc(CSc2nncn2CCc2cccs2)c1. The third-order valence-electron chi connectivity index (χ3n) is 3.02. The quantitative estimate of drug-likeness (QED) is 0.643. The van der Waals surface area contributed by atoms with Gasteiger partial charge < -0.3 is 4.57 Å². The number of benzene rings is 1. The van der Waals surface area contributed by atoms with Crippen molar-refractivity contribution in [2.75, 3.05) is 0 Å². The van der Waals surface area contributed by atoms with Crippen molar-refractivity contribution in [3.05, 3.63) is 64.4 Å². The Kier molecular flexibility index (Phi) is 4.67. The fraction of sp³-hybridized carbons (Fsp3) is 0.200. The molecular weight excluding hydrogens is 305 g/mol. The van der Waals surface area contributed by atoms with Gasteiger partial charge in [-0.15, -0.1) is 21.5 Å². The van der Waals surface area contributed by atoms with Crippen LogP contribution < -0.4 is 0 Å². The van der Waals surface area contributed by atoms with E-state index in [9.17, 15) is 4.39 Å². The summed E-state index contributed by atoms with van der Waals surface area (Å²) in [6.07, 6.45) is 2.73. The van der Waals surface area contributed by atoms with E-state index in [1.165, 1.54) is 10.9 Å². The van der Waals surface area contributed by atoms with Gasteiger partial charge in [0.05, 0.1) is 0 Å². The van der Waals surface area contributed by atoms with Gasteiger partial charge in [-0.25, -0.2) is 4.39 Å². The van der Waals surface area contributed by atoms with Crippen LogP contribution in [0, 0.1) is 5.82 Å². The topological polar surface area (TPSA) is 30.7 Å². The van der Waals surface area contributed by atoms with E-state index >= 15 is 0 Å². The maximum absolute atomic E-state index is 13.1. The number of halogens is 1. The lowest BCUT2D eigenvalue weighted by Crippen LogP contribution is -2.01. The summed E-state index contributed by atoms with van der Waals surface area (Å²) in [5.74, 6) is 0.488. The van der Waals surface area contributed by atoms with Crippen LogP contribution in [0.5, 0.6) is 0 Å². The molecule has 2 aromatic heterocycles. The highest BCUT2D eigenvalue weighted by molar-refractivity contribution is 7.98. The second kappa shape index (κ2) is 6.87. The van der Waals surface area contributed by atoms with Gasteiger partial charge in [0, 0.05) is 17.2 Å². The summed E-state index contributed by atoms with van der Waals surface area (Å²) in [5, 5.41) is 11.1. The average Bonchev–Trinajstić information content (AvgIpc) is 3.14. The molecule has 0 unspecified atom stereocenters. The number of thioether (sulfide) groups is 1. The first-order chi connectivity index (χ1) is 10.3. The fourth-order valence-corrected chi connectivity index (χ4v) is 3.55. The summed E-state index contributed by atoms with van der Waals surface area (Å²) in [4.78, 5) is 1.35. The van der Waals surface area contributed by atoms with Gasteiger partial charge in [-0.3, -0.25) is 0 Å². The second-order valence-corrected chi connectivity index (χ2v) is 6.53. The monoisotopic (exact) mass is 319 g/mol. The summed E-state index contributed by atoms with van der Waals surface area (Å²) in [6, 6.07) is 10.9. The van der Waals surface area contributed by atoms with Crippen LogP contribution >= 0.6 is 23.1 Å². The highest BCUT2D eigenvalue weighted by Gasteiger charge is 2.06. The molecule has 0 saturated carbocycles. The molecule has 0 aliphatic rings. The molecule has 3 aromatic rings. The molecule has 108 valence electrons. The van der Waals surface area contributed by atoms with Gasteiger partial charge in [-0.2, -0.15) is 0 Å². The van der Waals surface area contributed by atoms with E-state index in [2.05, 4.69) is 27.7 Å². The zero-order chi connectivity index (χ0) is 14.5. The van der Waals surface area contributed by atoms with Crippen molar-refractivity contribution >= 4 is 23.1 Å². The van der Waals surface area contributed by atoms with Gasteiger partial charge >= 0.3 is 0 Å². The minimum Gasteiger partial charge on any atom is -0.308 e. The van der Waals surface area contributed by atoms with Crippen molar-refractivity contribution in [2.45, 2.75) is 23.9 Å². The molecule has 3 nitrogen and oxygen atoms in total. The molecule has 0 aliphatic heterocycles. The summed E-state index contributed by atoms with van der Waals surface area (Å²) in [5.41, 5.74) is 0.952. The zero-order valence-corrected chi connectivity index (χ0v) is 12.9. The van der Waals surface area contributed by atoms with Crippen LogP contribution in [0.2, 0.25) is 0 Å². The van der Waals surface area contributed by atoms with Crippen LogP contribution in [-0.4, -0.2) is 14.8 Å². The fourth-order valence-electron chi connectivity index (χ4n) is 1.97. The smallest absolute Gasteiger partial charge is 0.191 e. The molecule has 0 saturated heterocycles. The van der Waals surface area contributed by atoms with Crippen LogP contribution in [0.4, 0.5) is 4.39 Å². The number of thiophene rings is 1. The molecule has 0 fully saturated rings. The largest absolute Gasteiger partial charge is 0.308 e. The van der Waals surface area contributed by atoms with Gasteiger partial charge in [-0.1, -0.05) is 30.0 Å². The summed E-state index contributed by atoms with van der Waals surface area (Å²) < 4.78 is 15.2. The highest BCUT2D eigenvalue weighted by atomic mass is 32.2. The normalized spacial score (nSPS) is 10.9. The first-order valence-corrected chi connectivity index (χ1v) is 8.45. The number of hydrogen-bond acceptors (Lipinski definition) is 4. The minimum atomic E-state index is -0.202. The van der Waals surface area contributed by atoms with Crippen LogP contribution in [0.15, 0.2) is 53.3 Å². The van der Waals surface area contributed by atoms with Crippen LogP contribution in [0.25, 0.3) is 0 Å². The molecular formula is C15H14FN3S2. The number of hydrogen-bond donors (Lipinski definition) is 0. The third-order valence-corrected chi connectivity index (χ3v) is 5.00. The van der Waals surface area contributed by atoms with E-state index in [-0.39, 0.29) is 5.82 Å². The lowest BCUT2D eigenvalue weighted by molar-refractivity contribution is 0.626. The van der Waals surface area contributed by atoms with Crippen LogP contribution in [0.1, 0.15) is 10.4 Å². The minimum absolute atomic E-state index is 0.202. The third kappa shape index (κ3) is 3.92. The average molecular weight is 319 g/mol. The molecule has 6 heteroatoms. The van der Waals surface area contributed by atoms with E-state index < -0.39 is 0 Å². The molecule has 21 heavy (non-hydrogen) atoms. The molecule has 0 aliphatic carbocycles. The first kappa shape index (κ1) is 14.3. The molecule has 0 atom stereocenters. The van der Waals surface area contributed by atoms with Crippen molar-refractivity contribution in [1.82, 2.24) is 14.8 Å². The number of nitrogens with zero attached hydrogens (tertiary/aromatic N) is 3. The van der Waals surface area contributed by atoms with Crippen molar-refractivity contribution < 1.29 is 4.39 Å². The maximum Gasteiger partial charge on any atom is 0.191 e. The van der Waals surface area contributed by atoms with Gasteiger partial charge in [-0.05, 0) is 35.6 Å². The lowest BCUT2D eigenvalue weighted by Gasteiger charge is -2.05. The van der Waals surface area contributed by atoms with E-state index in [1.54, 1.807) is 41.6 Å². The van der Waals surface area contributed by atoms with Crippen molar-refractivity contribution in [1.29, 1.82) is 0 Å². The van der Waals surface area contributed by atoms with Gasteiger partial charge in [0.1, 0.15) is 12.1 Å². The lowest BCUT2D eigenvalue weighted by atomic mass is 10.2. The maximum atomic E-state index is 13.1. The Morgan fingerprint density at radius 2 is 2.19 bits per heavy atom. The zero-order valence-electron chi connectivity index (χ0n) is 11.3. The summed E-state index contributed by atoms with van der Waals surface area (Å²) in [7, 11) is 0. The Hall–Kier alpha value is -1.66. The summed E-state index contributed by atoms with van der Waals surface area (Å²) >= 11 is 3.34. The molecule has 3 rings (SSSR count).